The van der Waals surface area contributed by atoms with Gasteiger partial charge >= 0.3 is 0 Å². The van der Waals surface area contributed by atoms with Crippen LogP contribution in [0, 0.1) is 26.2 Å². The van der Waals surface area contributed by atoms with Crippen molar-refractivity contribution in [2.24, 2.45) is 5.41 Å². The first-order valence-corrected chi connectivity index (χ1v) is 12.1. The predicted molar refractivity (Wildman–Crippen MR) is 136 cm³/mol. The molecule has 0 bridgehead atoms. The molecule has 1 atom stereocenters. The molecule has 0 spiro atoms. The van der Waals surface area contributed by atoms with E-state index in [0.29, 0.717) is 64.8 Å². The number of likely N-dealkylation sites (N-methyl/N-ethyl adjacent to an activating group) is 1. The van der Waals surface area contributed by atoms with Gasteiger partial charge in [-0.3, -0.25) is 0 Å². The van der Waals surface area contributed by atoms with Gasteiger partial charge in [0.1, 0.15) is 30.0 Å². The Bertz CT molecular complexity index is 1200. The molecule has 11 heteroatoms. The van der Waals surface area contributed by atoms with E-state index >= 15 is 0 Å². The number of aryl methyl sites for hydroxylation is 2. The minimum atomic E-state index is -0.660. The summed E-state index contributed by atoms with van der Waals surface area (Å²) in [6.45, 7) is 6.84. The van der Waals surface area contributed by atoms with Gasteiger partial charge in [0, 0.05) is 30.8 Å². The third kappa shape index (κ3) is 5.05. The van der Waals surface area contributed by atoms with Crippen molar-refractivity contribution in [2.45, 2.75) is 26.9 Å². The fourth-order valence-corrected chi connectivity index (χ4v) is 4.62. The van der Waals surface area contributed by atoms with Crippen LogP contribution in [0.1, 0.15) is 17.0 Å². The SMILES string of the molecule is CNC[C@@H](O)COc1ccc(Cl)c(-c2nc(-c3c(C)noc3C)c(C)c(N3CC(CO)(CO)C3)n2)c1. The summed E-state index contributed by atoms with van der Waals surface area (Å²) in [6, 6.07) is 5.19. The Kier molecular flexibility index (Phi) is 7.82. The quantitative estimate of drug-likeness (QED) is 0.316. The molecular formula is C25H32ClN5O5. The van der Waals surface area contributed by atoms with Gasteiger partial charge in [0.15, 0.2) is 5.82 Å². The van der Waals surface area contributed by atoms with Gasteiger partial charge in [-0.1, -0.05) is 16.8 Å². The predicted octanol–water partition coefficient (Wildman–Crippen LogP) is 2.13. The molecule has 10 nitrogen and oxygen atoms in total. The molecular weight excluding hydrogens is 486 g/mol. The number of benzene rings is 1. The van der Waals surface area contributed by atoms with Crippen LogP contribution in [0.5, 0.6) is 5.75 Å². The highest BCUT2D eigenvalue weighted by molar-refractivity contribution is 6.33. The minimum absolute atomic E-state index is 0.113. The van der Waals surface area contributed by atoms with Gasteiger partial charge in [0.25, 0.3) is 0 Å². The maximum atomic E-state index is 10.00. The Balaban J connectivity index is 1.78. The first-order valence-electron chi connectivity index (χ1n) is 11.8. The zero-order valence-electron chi connectivity index (χ0n) is 20.9. The Morgan fingerprint density at radius 2 is 1.92 bits per heavy atom. The number of hydrogen-bond donors (Lipinski definition) is 4. The van der Waals surface area contributed by atoms with Crippen molar-refractivity contribution in [3.8, 4) is 28.4 Å². The van der Waals surface area contributed by atoms with Gasteiger partial charge in [0.2, 0.25) is 0 Å². The van der Waals surface area contributed by atoms with Gasteiger partial charge in [-0.15, -0.1) is 0 Å². The summed E-state index contributed by atoms with van der Waals surface area (Å²) in [5, 5.41) is 37.0. The molecule has 4 N–H and O–H groups in total. The molecule has 0 unspecified atom stereocenters. The molecule has 0 aliphatic carbocycles. The van der Waals surface area contributed by atoms with Crippen LogP contribution in [0.15, 0.2) is 22.7 Å². The molecule has 4 rings (SSSR count). The van der Waals surface area contributed by atoms with Crippen LogP contribution in [-0.4, -0.2) is 83.1 Å². The largest absolute Gasteiger partial charge is 0.491 e. The van der Waals surface area contributed by atoms with E-state index in [1.807, 2.05) is 25.7 Å². The molecule has 3 aromatic rings. The van der Waals surface area contributed by atoms with Crippen LogP contribution < -0.4 is 15.0 Å². The summed E-state index contributed by atoms with van der Waals surface area (Å²) in [5.41, 5.74) is 2.99. The third-order valence-electron chi connectivity index (χ3n) is 6.47. The van der Waals surface area contributed by atoms with Crippen molar-refractivity contribution < 1.29 is 24.6 Å². The summed E-state index contributed by atoms with van der Waals surface area (Å²) in [7, 11) is 1.76. The second-order valence-electron chi connectivity index (χ2n) is 9.38. The van der Waals surface area contributed by atoms with Gasteiger partial charge in [0.05, 0.1) is 40.6 Å². The second kappa shape index (κ2) is 10.7. The van der Waals surface area contributed by atoms with E-state index in [1.165, 1.54) is 0 Å². The summed E-state index contributed by atoms with van der Waals surface area (Å²) in [4.78, 5) is 11.7. The second-order valence-corrected chi connectivity index (χ2v) is 9.79. The highest BCUT2D eigenvalue weighted by Crippen LogP contribution is 2.40. The van der Waals surface area contributed by atoms with Crippen LogP contribution in [0.3, 0.4) is 0 Å². The fourth-order valence-electron chi connectivity index (χ4n) is 4.41. The number of nitrogens with one attached hydrogen (secondary N) is 1. The van der Waals surface area contributed by atoms with Crippen LogP contribution >= 0.6 is 11.6 Å². The van der Waals surface area contributed by atoms with E-state index in [1.54, 1.807) is 25.2 Å². The number of anilines is 1. The summed E-state index contributed by atoms with van der Waals surface area (Å²) >= 11 is 6.59. The van der Waals surface area contributed by atoms with Crippen molar-refractivity contribution in [1.82, 2.24) is 20.4 Å². The number of ether oxygens (including phenoxy) is 1. The highest BCUT2D eigenvalue weighted by atomic mass is 35.5. The van der Waals surface area contributed by atoms with Crippen LogP contribution in [-0.2, 0) is 0 Å². The van der Waals surface area contributed by atoms with Crippen molar-refractivity contribution in [2.75, 3.05) is 51.4 Å². The van der Waals surface area contributed by atoms with Crippen molar-refractivity contribution in [1.29, 1.82) is 0 Å². The van der Waals surface area contributed by atoms with Crippen molar-refractivity contribution in [3.63, 3.8) is 0 Å². The number of aliphatic hydroxyl groups is 3. The molecule has 1 aliphatic rings. The molecule has 194 valence electrons. The molecule has 36 heavy (non-hydrogen) atoms. The lowest BCUT2D eigenvalue weighted by Crippen LogP contribution is -2.61. The maximum absolute atomic E-state index is 10.00. The van der Waals surface area contributed by atoms with E-state index < -0.39 is 11.5 Å². The number of nitrogens with zero attached hydrogens (tertiary/aromatic N) is 4. The number of aromatic nitrogens is 3. The Morgan fingerprint density at radius 1 is 1.19 bits per heavy atom. The average Bonchev–Trinajstić information content (AvgIpc) is 3.17. The average molecular weight is 518 g/mol. The fraction of sp³-hybridized carbons (Fsp3) is 0.480. The highest BCUT2D eigenvalue weighted by Gasteiger charge is 2.43. The molecule has 1 fully saturated rings. The normalized spacial score (nSPS) is 15.6. The summed E-state index contributed by atoms with van der Waals surface area (Å²) < 4.78 is 11.2. The zero-order chi connectivity index (χ0) is 26.0. The van der Waals surface area contributed by atoms with Crippen LogP contribution in [0.2, 0.25) is 5.02 Å². The zero-order valence-corrected chi connectivity index (χ0v) is 21.6. The van der Waals surface area contributed by atoms with E-state index in [2.05, 4.69) is 10.5 Å². The van der Waals surface area contributed by atoms with Gasteiger partial charge in [-0.25, -0.2) is 9.97 Å². The Hall–Kier alpha value is -2.76. The molecule has 1 aromatic carbocycles. The minimum Gasteiger partial charge on any atom is -0.491 e. The summed E-state index contributed by atoms with van der Waals surface area (Å²) in [5.74, 6) is 2.23. The Labute approximate surface area is 214 Å². The first kappa shape index (κ1) is 26.3. The molecule has 2 aromatic heterocycles. The van der Waals surface area contributed by atoms with Crippen molar-refractivity contribution >= 4 is 17.4 Å². The smallest absolute Gasteiger partial charge is 0.163 e. The van der Waals surface area contributed by atoms with E-state index in [9.17, 15) is 15.3 Å². The van der Waals surface area contributed by atoms with E-state index in [0.717, 1.165) is 11.1 Å². The topological polar surface area (TPSA) is 137 Å². The van der Waals surface area contributed by atoms with Crippen LogP contribution in [0.4, 0.5) is 5.82 Å². The molecule has 0 saturated carbocycles. The lowest BCUT2D eigenvalue weighted by atomic mass is 9.81. The number of aliphatic hydroxyl groups excluding tert-OH is 3. The van der Waals surface area contributed by atoms with E-state index in [4.69, 9.17) is 30.8 Å². The van der Waals surface area contributed by atoms with Gasteiger partial charge in [-0.05, 0) is 46.0 Å². The maximum Gasteiger partial charge on any atom is 0.163 e. The standard InChI is InChI=1S/C25H32ClN5O5/c1-14-22(21-15(2)30-36-16(21)3)28-23(29-24(14)31-10-25(11-31,12-32)13-33)19-7-18(5-6-20(19)26)35-9-17(34)8-27-4/h5-7,17,27,32-34H,8-13H2,1-4H3/t17-/m1/s1. The lowest BCUT2D eigenvalue weighted by molar-refractivity contribution is 0.0301. The van der Waals surface area contributed by atoms with Gasteiger partial charge in [-0.2, -0.15) is 0 Å². The van der Waals surface area contributed by atoms with Crippen molar-refractivity contribution in [3.05, 3.63) is 40.2 Å². The Morgan fingerprint density at radius 3 is 2.53 bits per heavy atom. The monoisotopic (exact) mass is 517 g/mol. The molecule has 1 saturated heterocycles. The molecule has 3 heterocycles. The number of rotatable bonds is 10. The first-order chi connectivity index (χ1) is 17.2. The van der Waals surface area contributed by atoms with Crippen LogP contribution in [0.25, 0.3) is 22.6 Å². The molecule has 0 radical (unpaired) electrons. The lowest BCUT2D eigenvalue weighted by Gasteiger charge is -2.49. The molecule has 0 amide bonds. The van der Waals surface area contributed by atoms with E-state index in [-0.39, 0.29) is 19.8 Å². The number of hydrogen-bond acceptors (Lipinski definition) is 10. The summed E-state index contributed by atoms with van der Waals surface area (Å²) in [6.07, 6.45) is -0.660. The molecule has 1 aliphatic heterocycles. The third-order valence-corrected chi connectivity index (χ3v) is 6.80. The number of halogens is 1. The van der Waals surface area contributed by atoms with Gasteiger partial charge < -0.3 is 34.8 Å².